The van der Waals surface area contributed by atoms with E-state index in [4.69, 9.17) is 27.9 Å². The molecule has 0 bridgehead atoms. The van der Waals surface area contributed by atoms with Crippen molar-refractivity contribution in [3.05, 3.63) is 70.3 Å². The molecule has 0 atom stereocenters. The van der Waals surface area contributed by atoms with Gasteiger partial charge < -0.3 is 4.74 Å². The zero-order valence-electron chi connectivity index (χ0n) is 16.0. The third kappa shape index (κ3) is 4.60. The monoisotopic (exact) mass is 432 g/mol. The van der Waals surface area contributed by atoms with E-state index in [1.54, 1.807) is 69.3 Å². The molecule has 0 saturated carbocycles. The molecule has 1 saturated heterocycles. The van der Waals surface area contributed by atoms with Gasteiger partial charge in [0.15, 0.2) is 0 Å². The average Bonchev–Trinajstić information content (AvgIpc) is 2.85. The van der Waals surface area contributed by atoms with Crippen molar-refractivity contribution in [2.24, 2.45) is 0 Å². The number of hydrogen-bond acceptors (Lipinski definition) is 4. The van der Waals surface area contributed by atoms with Crippen molar-refractivity contribution in [1.82, 2.24) is 0 Å². The third-order valence-corrected chi connectivity index (χ3v) is 4.38. The van der Waals surface area contributed by atoms with Gasteiger partial charge in [-0.2, -0.15) is 0 Å². The maximum atomic E-state index is 13.1. The first kappa shape index (κ1) is 20.9. The number of hydrogen-bond donors (Lipinski definition) is 0. The normalized spacial score (nSPS) is 16.0. The van der Waals surface area contributed by atoms with Gasteiger partial charge >= 0.3 is 12.0 Å². The van der Waals surface area contributed by atoms with Crippen molar-refractivity contribution < 1.29 is 19.1 Å². The van der Waals surface area contributed by atoms with Crippen LogP contribution in [0.1, 0.15) is 20.8 Å². The van der Waals surface area contributed by atoms with E-state index < -0.39 is 23.5 Å². The predicted octanol–water partition coefficient (Wildman–Crippen LogP) is 5.19. The van der Waals surface area contributed by atoms with Gasteiger partial charge in [0.2, 0.25) is 0 Å². The van der Waals surface area contributed by atoms with Crippen LogP contribution in [-0.2, 0) is 14.3 Å². The zero-order valence-corrected chi connectivity index (χ0v) is 17.5. The molecule has 0 N–H and O–H groups in total. The summed E-state index contributed by atoms with van der Waals surface area (Å²) < 4.78 is 5.28. The van der Waals surface area contributed by atoms with Crippen LogP contribution in [0.5, 0.6) is 0 Å². The van der Waals surface area contributed by atoms with Gasteiger partial charge in [-0.1, -0.05) is 23.2 Å². The van der Waals surface area contributed by atoms with Gasteiger partial charge in [0.1, 0.15) is 11.3 Å². The first-order valence-electron chi connectivity index (χ1n) is 8.71. The number of anilines is 2. The fourth-order valence-electron chi connectivity index (χ4n) is 2.73. The van der Waals surface area contributed by atoms with Crippen LogP contribution in [0.2, 0.25) is 10.0 Å². The highest BCUT2D eigenvalue weighted by molar-refractivity contribution is 6.35. The van der Waals surface area contributed by atoms with E-state index >= 15 is 0 Å². The second kappa shape index (κ2) is 7.89. The van der Waals surface area contributed by atoms with Crippen LogP contribution in [0, 0.1) is 0 Å². The summed E-state index contributed by atoms with van der Waals surface area (Å²) >= 11 is 11.8. The summed E-state index contributed by atoms with van der Waals surface area (Å²) in [6.07, 6.45) is 1.02. The Morgan fingerprint density at radius 1 is 0.862 bits per heavy atom. The fourth-order valence-corrected chi connectivity index (χ4v) is 2.98. The van der Waals surface area contributed by atoms with Gasteiger partial charge in [-0.15, -0.1) is 0 Å². The topological polar surface area (TPSA) is 66.9 Å². The highest BCUT2D eigenvalue weighted by Gasteiger charge is 2.43. The molecule has 2 aromatic carbocycles. The highest BCUT2D eigenvalue weighted by atomic mass is 35.5. The number of rotatable bonds is 3. The van der Waals surface area contributed by atoms with Gasteiger partial charge in [0.25, 0.3) is 5.91 Å². The van der Waals surface area contributed by atoms with Crippen LogP contribution >= 0.6 is 23.2 Å². The smallest absolute Gasteiger partial charge is 0.340 e. The Balaban J connectivity index is 2.07. The minimum absolute atomic E-state index is 0.124. The molecule has 1 aliphatic rings. The number of esters is 1. The van der Waals surface area contributed by atoms with Crippen molar-refractivity contribution >= 4 is 52.5 Å². The van der Waals surface area contributed by atoms with Gasteiger partial charge in [0, 0.05) is 10.0 Å². The number of benzene rings is 2. The molecule has 3 rings (SSSR count). The molecule has 1 heterocycles. The Morgan fingerprint density at radius 3 is 1.76 bits per heavy atom. The van der Waals surface area contributed by atoms with Gasteiger partial charge in [0.05, 0.1) is 17.5 Å². The Bertz CT molecular complexity index is 993. The first-order chi connectivity index (χ1) is 13.6. The SMILES string of the molecule is CC(C)(C)OC(=O)/C=C1\C(=O)N(c2ccc(Cl)cc2)C(=O)N1c1ccc(Cl)cc1. The zero-order chi connectivity index (χ0) is 21.3. The lowest BCUT2D eigenvalue weighted by Gasteiger charge is -2.19. The molecule has 8 heteroatoms. The predicted molar refractivity (Wildman–Crippen MR) is 112 cm³/mol. The van der Waals surface area contributed by atoms with Gasteiger partial charge in [-0.25, -0.2) is 14.5 Å². The minimum Gasteiger partial charge on any atom is -0.457 e. The number of halogens is 2. The van der Waals surface area contributed by atoms with E-state index in [9.17, 15) is 14.4 Å². The second-order valence-electron chi connectivity index (χ2n) is 7.27. The summed E-state index contributed by atoms with van der Waals surface area (Å²) in [4.78, 5) is 40.7. The lowest BCUT2D eigenvalue weighted by atomic mass is 10.2. The van der Waals surface area contributed by atoms with Crippen molar-refractivity contribution in [2.45, 2.75) is 26.4 Å². The molecule has 1 fully saturated rings. The Morgan fingerprint density at radius 2 is 1.31 bits per heavy atom. The molecular weight excluding hydrogens is 415 g/mol. The van der Waals surface area contributed by atoms with E-state index in [1.165, 1.54) is 0 Å². The summed E-state index contributed by atoms with van der Waals surface area (Å²) in [5.74, 6) is -1.39. The van der Waals surface area contributed by atoms with E-state index in [2.05, 4.69) is 0 Å². The standard InChI is InChI=1S/C21H18Cl2N2O4/c1-21(2,3)29-18(26)12-17-19(27)25(16-10-6-14(23)7-11-16)20(28)24(17)15-8-4-13(22)5-9-15/h4-12H,1-3H3/b17-12+. The summed E-state index contributed by atoms with van der Waals surface area (Å²) in [5, 5.41) is 0.936. The van der Waals surface area contributed by atoms with Crippen molar-refractivity contribution in [3.63, 3.8) is 0 Å². The van der Waals surface area contributed by atoms with Crippen molar-refractivity contribution in [1.29, 1.82) is 0 Å². The molecule has 6 nitrogen and oxygen atoms in total. The van der Waals surface area contributed by atoms with E-state index in [-0.39, 0.29) is 5.70 Å². The summed E-state index contributed by atoms with van der Waals surface area (Å²) in [7, 11) is 0. The van der Waals surface area contributed by atoms with Gasteiger partial charge in [-0.3, -0.25) is 9.69 Å². The van der Waals surface area contributed by atoms with E-state index in [0.29, 0.717) is 21.4 Å². The quantitative estimate of drug-likeness (QED) is 0.380. The maximum absolute atomic E-state index is 13.1. The molecule has 1 aliphatic heterocycles. The number of urea groups is 1. The Hall–Kier alpha value is -2.83. The van der Waals surface area contributed by atoms with Crippen LogP contribution in [0.3, 0.4) is 0 Å². The Labute approximate surface area is 178 Å². The van der Waals surface area contributed by atoms with E-state index in [0.717, 1.165) is 15.9 Å². The number of imide groups is 1. The number of ether oxygens (including phenoxy) is 1. The maximum Gasteiger partial charge on any atom is 0.340 e. The highest BCUT2D eigenvalue weighted by Crippen LogP contribution is 2.33. The number of nitrogens with zero attached hydrogens (tertiary/aromatic N) is 2. The molecule has 0 spiro atoms. The number of carbonyl (C=O) groups is 3. The molecule has 150 valence electrons. The molecule has 3 amide bonds. The number of amides is 3. The van der Waals surface area contributed by atoms with E-state index in [1.807, 2.05) is 0 Å². The van der Waals surface area contributed by atoms with Crippen LogP contribution in [0.25, 0.3) is 0 Å². The first-order valence-corrected chi connectivity index (χ1v) is 9.47. The minimum atomic E-state index is -0.749. The summed E-state index contributed by atoms with van der Waals surface area (Å²) in [5.41, 5.74) is -0.155. The molecular formula is C21H18Cl2N2O4. The third-order valence-electron chi connectivity index (χ3n) is 3.88. The van der Waals surface area contributed by atoms with Crippen LogP contribution < -0.4 is 9.80 Å². The molecule has 2 aromatic rings. The lowest BCUT2D eigenvalue weighted by molar-refractivity contribution is -0.148. The van der Waals surface area contributed by atoms with Crippen molar-refractivity contribution in [2.75, 3.05) is 9.80 Å². The molecule has 0 aromatic heterocycles. The molecule has 0 unspecified atom stereocenters. The molecule has 29 heavy (non-hydrogen) atoms. The fraction of sp³-hybridized carbons (Fsp3) is 0.190. The number of carbonyl (C=O) groups excluding carboxylic acids is 3. The van der Waals surface area contributed by atoms with Crippen LogP contribution in [0.15, 0.2) is 60.3 Å². The van der Waals surface area contributed by atoms with Crippen molar-refractivity contribution in [3.8, 4) is 0 Å². The molecule has 0 aliphatic carbocycles. The Kier molecular flexibility index (Phi) is 5.68. The van der Waals surface area contributed by atoms with Crippen LogP contribution in [-0.4, -0.2) is 23.5 Å². The molecule has 0 radical (unpaired) electrons. The summed E-state index contributed by atoms with van der Waals surface area (Å²) in [6.45, 7) is 5.13. The largest absolute Gasteiger partial charge is 0.457 e. The average molecular weight is 433 g/mol. The second-order valence-corrected chi connectivity index (χ2v) is 8.15. The lowest BCUT2D eigenvalue weighted by Crippen LogP contribution is -2.32. The van der Waals surface area contributed by atoms with Gasteiger partial charge in [-0.05, 0) is 69.3 Å². The summed E-state index contributed by atoms with van der Waals surface area (Å²) in [6, 6.07) is 12.0. The van der Waals surface area contributed by atoms with Crippen LogP contribution in [0.4, 0.5) is 16.2 Å².